The number of rotatable bonds is 6. The number of nitrogens with one attached hydrogen (secondary N) is 1. The quantitative estimate of drug-likeness (QED) is 0.765. The Kier molecular flexibility index (Phi) is 9.18. The first kappa shape index (κ1) is 22.5. The molecule has 7 nitrogen and oxygen atoms in total. The Bertz CT molecular complexity index is 683. The van der Waals surface area contributed by atoms with Crippen molar-refractivity contribution in [1.82, 2.24) is 10.2 Å². The third-order valence-electron chi connectivity index (χ3n) is 4.15. The Morgan fingerprint density at radius 3 is 2.62 bits per heavy atom. The summed E-state index contributed by atoms with van der Waals surface area (Å²) in [5, 5.41) is 2.96. The van der Waals surface area contributed by atoms with Crippen LogP contribution in [0.1, 0.15) is 33.7 Å². The fraction of sp³-hybridized carbons (Fsp3) is 0.471. The van der Waals surface area contributed by atoms with E-state index in [0.29, 0.717) is 31.1 Å². The van der Waals surface area contributed by atoms with Crippen LogP contribution in [0.2, 0.25) is 0 Å². The van der Waals surface area contributed by atoms with Gasteiger partial charge in [0.05, 0.1) is 31.4 Å². The molecule has 0 aromatic carbocycles. The maximum absolute atomic E-state index is 12.3. The first-order valence-electron chi connectivity index (χ1n) is 8.11. The molecule has 1 aliphatic heterocycles. The van der Waals surface area contributed by atoms with E-state index in [0.717, 1.165) is 24.6 Å². The number of nitrogens with zero attached hydrogens (tertiary/aromatic N) is 1. The Morgan fingerprint density at radius 2 is 2.04 bits per heavy atom. The number of halogens is 2. The van der Waals surface area contributed by atoms with Gasteiger partial charge in [-0.15, -0.1) is 24.8 Å². The lowest BCUT2D eigenvalue weighted by molar-refractivity contribution is 0.0117. The zero-order chi connectivity index (χ0) is 16.9. The molecule has 0 saturated carbocycles. The number of amides is 1. The Labute approximate surface area is 165 Å². The lowest BCUT2D eigenvalue weighted by Gasteiger charge is -2.33. The molecule has 3 heterocycles. The van der Waals surface area contributed by atoms with Crippen molar-refractivity contribution >= 4 is 30.7 Å². The smallest absolute Gasteiger partial charge is 0.254 e. The van der Waals surface area contributed by atoms with Gasteiger partial charge in [0, 0.05) is 19.6 Å². The average Bonchev–Trinajstić information content (AvgIpc) is 3.25. The van der Waals surface area contributed by atoms with Crippen LogP contribution in [0.4, 0.5) is 0 Å². The van der Waals surface area contributed by atoms with Crippen LogP contribution in [0.3, 0.4) is 0 Å². The second kappa shape index (κ2) is 10.6. The molecule has 1 unspecified atom stereocenters. The molecule has 1 amide bonds. The zero-order valence-electron chi connectivity index (χ0n) is 14.6. The molecule has 0 spiro atoms. The molecule has 1 atom stereocenters. The Morgan fingerprint density at radius 1 is 1.31 bits per heavy atom. The normalized spacial score (nSPS) is 15.6. The van der Waals surface area contributed by atoms with E-state index >= 15 is 0 Å². The monoisotopic (exact) mass is 405 g/mol. The number of ether oxygens (including phenoxy) is 1. The number of aryl methyl sites for hydroxylation is 1. The van der Waals surface area contributed by atoms with E-state index in [2.05, 4.69) is 10.2 Å². The van der Waals surface area contributed by atoms with Gasteiger partial charge in [-0.1, -0.05) is 0 Å². The van der Waals surface area contributed by atoms with Gasteiger partial charge in [0.25, 0.3) is 5.91 Å². The highest BCUT2D eigenvalue weighted by Gasteiger charge is 2.26. The second-order valence-electron chi connectivity index (χ2n) is 5.83. The molecule has 2 aromatic rings. The summed E-state index contributed by atoms with van der Waals surface area (Å²) in [5.41, 5.74) is 5.98. The van der Waals surface area contributed by atoms with Crippen molar-refractivity contribution in [3.05, 3.63) is 47.3 Å². The SMILES string of the molecule is Cc1ccc(C(CNC(=O)c2coc(CN)c2)N2CCOCC2)o1.Cl.Cl. The highest BCUT2D eigenvalue weighted by molar-refractivity contribution is 5.94. The molecular formula is C17H25Cl2N3O4. The molecule has 9 heteroatoms. The molecule has 2 aromatic heterocycles. The van der Waals surface area contributed by atoms with Crippen LogP contribution < -0.4 is 11.1 Å². The second-order valence-corrected chi connectivity index (χ2v) is 5.83. The van der Waals surface area contributed by atoms with Crippen LogP contribution in [0.5, 0.6) is 0 Å². The van der Waals surface area contributed by atoms with Crippen molar-refractivity contribution in [1.29, 1.82) is 0 Å². The number of carbonyl (C=O) groups is 1. The van der Waals surface area contributed by atoms with Gasteiger partial charge in [0.15, 0.2) is 0 Å². The maximum atomic E-state index is 12.3. The first-order valence-corrected chi connectivity index (χ1v) is 8.11. The molecule has 1 fully saturated rings. The minimum atomic E-state index is -0.181. The summed E-state index contributed by atoms with van der Waals surface area (Å²) in [6, 6.07) is 5.54. The molecule has 146 valence electrons. The summed E-state index contributed by atoms with van der Waals surface area (Å²) in [6.45, 7) is 5.63. The van der Waals surface area contributed by atoms with Gasteiger partial charge in [-0.05, 0) is 25.1 Å². The Balaban J connectivity index is 0.00000169. The van der Waals surface area contributed by atoms with E-state index in [9.17, 15) is 4.79 Å². The van der Waals surface area contributed by atoms with E-state index in [-0.39, 0.29) is 43.3 Å². The number of furan rings is 2. The third kappa shape index (κ3) is 5.49. The number of carbonyl (C=O) groups excluding carboxylic acids is 1. The van der Waals surface area contributed by atoms with E-state index in [1.54, 1.807) is 6.07 Å². The first-order chi connectivity index (χ1) is 11.7. The fourth-order valence-electron chi connectivity index (χ4n) is 2.83. The molecular weight excluding hydrogens is 381 g/mol. The van der Waals surface area contributed by atoms with Crippen molar-refractivity contribution in [2.75, 3.05) is 32.8 Å². The maximum Gasteiger partial charge on any atom is 0.254 e. The standard InChI is InChI=1S/C17H23N3O4.2ClH/c1-12-2-3-16(24-12)15(20-4-6-22-7-5-20)10-19-17(21)13-8-14(9-18)23-11-13;;/h2-3,8,11,15H,4-7,9-10,18H2,1H3,(H,19,21);2*1H. The summed E-state index contributed by atoms with van der Waals surface area (Å²) in [7, 11) is 0. The van der Waals surface area contributed by atoms with Crippen LogP contribution in [0.25, 0.3) is 0 Å². The average molecular weight is 406 g/mol. The number of morpholine rings is 1. The molecule has 1 saturated heterocycles. The summed E-state index contributed by atoms with van der Waals surface area (Å²) >= 11 is 0. The minimum absolute atomic E-state index is 0. The number of hydrogen-bond acceptors (Lipinski definition) is 6. The van der Waals surface area contributed by atoms with Crippen LogP contribution in [-0.2, 0) is 11.3 Å². The van der Waals surface area contributed by atoms with Crippen molar-refractivity contribution in [3.8, 4) is 0 Å². The van der Waals surface area contributed by atoms with Crippen LogP contribution in [0, 0.1) is 6.92 Å². The molecule has 0 radical (unpaired) electrons. The largest absolute Gasteiger partial charge is 0.467 e. The van der Waals surface area contributed by atoms with Crippen molar-refractivity contribution in [2.24, 2.45) is 5.73 Å². The van der Waals surface area contributed by atoms with Gasteiger partial charge < -0.3 is 24.6 Å². The van der Waals surface area contributed by atoms with Gasteiger partial charge in [-0.25, -0.2) is 0 Å². The summed E-state index contributed by atoms with van der Waals surface area (Å²) in [4.78, 5) is 14.6. The predicted molar refractivity (Wildman–Crippen MR) is 102 cm³/mol. The summed E-state index contributed by atoms with van der Waals surface area (Å²) in [5.74, 6) is 2.12. The van der Waals surface area contributed by atoms with Crippen molar-refractivity contribution < 1.29 is 18.4 Å². The highest BCUT2D eigenvalue weighted by Crippen LogP contribution is 2.23. The minimum Gasteiger partial charge on any atom is -0.467 e. The van der Waals surface area contributed by atoms with Crippen LogP contribution in [0.15, 0.2) is 33.3 Å². The van der Waals surface area contributed by atoms with Gasteiger partial charge in [0.2, 0.25) is 0 Å². The van der Waals surface area contributed by atoms with Gasteiger partial charge in [-0.2, -0.15) is 0 Å². The molecule has 0 bridgehead atoms. The summed E-state index contributed by atoms with van der Waals surface area (Å²) < 4.78 is 16.4. The number of nitrogens with two attached hydrogens (primary N) is 1. The van der Waals surface area contributed by atoms with Crippen LogP contribution in [-0.4, -0.2) is 43.7 Å². The van der Waals surface area contributed by atoms with E-state index in [1.165, 1.54) is 6.26 Å². The molecule has 0 aliphatic carbocycles. The molecule has 3 rings (SSSR count). The molecule has 1 aliphatic rings. The van der Waals surface area contributed by atoms with Gasteiger partial charge in [0.1, 0.15) is 23.5 Å². The van der Waals surface area contributed by atoms with E-state index in [4.69, 9.17) is 19.3 Å². The highest BCUT2D eigenvalue weighted by atomic mass is 35.5. The number of hydrogen-bond donors (Lipinski definition) is 2. The Hall–Kier alpha value is -1.51. The van der Waals surface area contributed by atoms with E-state index < -0.39 is 0 Å². The molecule has 3 N–H and O–H groups in total. The zero-order valence-corrected chi connectivity index (χ0v) is 16.2. The van der Waals surface area contributed by atoms with Crippen molar-refractivity contribution in [3.63, 3.8) is 0 Å². The van der Waals surface area contributed by atoms with Crippen LogP contribution >= 0.6 is 24.8 Å². The third-order valence-corrected chi connectivity index (χ3v) is 4.15. The molecule has 26 heavy (non-hydrogen) atoms. The predicted octanol–water partition coefficient (Wildman–Crippen LogP) is 2.29. The lowest BCUT2D eigenvalue weighted by Crippen LogP contribution is -2.43. The topological polar surface area (TPSA) is 93.9 Å². The lowest BCUT2D eigenvalue weighted by atomic mass is 10.1. The summed E-state index contributed by atoms with van der Waals surface area (Å²) in [6.07, 6.45) is 1.43. The van der Waals surface area contributed by atoms with Gasteiger partial charge in [-0.3, -0.25) is 9.69 Å². The van der Waals surface area contributed by atoms with Gasteiger partial charge >= 0.3 is 0 Å². The van der Waals surface area contributed by atoms with E-state index in [1.807, 2.05) is 19.1 Å². The fourth-order valence-corrected chi connectivity index (χ4v) is 2.83. The van der Waals surface area contributed by atoms with Crippen molar-refractivity contribution in [2.45, 2.75) is 19.5 Å².